The Labute approximate surface area is 547 Å². The van der Waals surface area contributed by atoms with Crippen LogP contribution in [-0.2, 0) is 46.2 Å². The summed E-state index contributed by atoms with van der Waals surface area (Å²) in [7, 11) is 0. The Hall–Kier alpha value is -7.46. The van der Waals surface area contributed by atoms with Crippen LogP contribution in [0.1, 0.15) is 144 Å². The molecule has 94 heavy (non-hydrogen) atoms. The summed E-state index contributed by atoms with van der Waals surface area (Å²) in [5, 5.41) is 86.5. The summed E-state index contributed by atoms with van der Waals surface area (Å²) in [6, 6.07) is 25.3. The number of rotatable bonds is 11. The molecule has 7 fully saturated rings. The first-order valence-electron chi connectivity index (χ1n) is 32.6. The molecule has 19 nitrogen and oxygen atoms in total. The average Bonchev–Trinajstić information content (AvgIpc) is 1.49. The standard InChI is InChI=1S/C35H39NO7.C21H28O6.C19H21NO4/c1-33-12-11-23(38)15-22(33)8-9-24-25-16-30-35(29(41)18-37,34(25,2)17-28(40)31(24)33)43-32(42-30)21-6-3-19(4-7-21)13-20-5-10-27(39)26(36)14-20;1-19-6-5-12(23)7-11(19)3-4-13-14-8-16(25)21(27,17(26)10-22)20(14,2)9-15(24)18(13)19;1-19(2,3)24-18(23)20-16-11-15(8-9-17(16)22)10-13-4-6-14(12-21)7-5-13/h3-7,10-12,14-15,24-25,28,30-32,37,39-40H,8-9,13,16-18,36H2,1-2H3;5-7,13-16,18,22,24-25,27H,3-4,8-10H2,1-2H3;4-9,11-12,22H,10H2,1-3H3,(H,20,23)/t24-,25-,28-,30+,31+,32+,33-,34-,35+;13-,14-,15-,16+,18+,19-,20-,21-;/m00./s1. The molecule has 8 aliphatic carbocycles. The summed E-state index contributed by atoms with van der Waals surface area (Å²) in [6.07, 6.45) is 12.2. The van der Waals surface area contributed by atoms with Crippen molar-refractivity contribution >= 4 is 46.9 Å². The van der Waals surface area contributed by atoms with E-state index in [1.807, 2.05) is 68.5 Å². The number of nitrogen functional groups attached to an aromatic ring is 1. The van der Waals surface area contributed by atoms with E-state index in [4.69, 9.17) is 19.9 Å². The minimum absolute atomic E-state index is 0.00474. The number of ether oxygens (including phenoxy) is 3. The summed E-state index contributed by atoms with van der Waals surface area (Å²) in [6.45, 7) is 11.8. The number of benzene rings is 4. The number of ketones is 4. The molecule has 19 heteroatoms. The smallest absolute Gasteiger partial charge is 0.412 e. The van der Waals surface area contributed by atoms with Gasteiger partial charge in [-0.3, -0.25) is 29.3 Å². The SMILES string of the molecule is CC(C)(C)OC(=O)Nc1cc(Cc2ccc(C=O)cc2)ccc1O.C[C@]12C=CC(=O)C=C1CC[C@@H]1[C@@H]2[C@@H](O)C[C@@]2(C)[C@H]1C[C@@H](O)[C@]2(O)C(=O)CO.C[C@]12C=CC(=O)C=C1CC[C@@H]1[C@@H]2[C@@H](O)C[C@@]2(C)[C@H]1C[C@H]1O[C@@H](c3ccc(Cc4ccc(O)c(N)c4)cc3)O[C@]12C(=O)CO. The third kappa shape index (κ3) is 11.7. The lowest BCUT2D eigenvalue weighted by Gasteiger charge is -2.59. The van der Waals surface area contributed by atoms with Gasteiger partial charge >= 0.3 is 6.09 Å². The van der Waals surface area contributed by atoms with E-state index in [1.165, 1.54) is 6.07 Å². The second kappa shape index (κ2) is 25.3. The van der Waals surface area contributed by atoms with Crippen LogP contribution in [0.5, 0.6) is 11.5 Å². The van der Waals surface area contributed by atoms with Gasteiger partial charge in [-0.2, -0.15) is 0 Å². The first kappa shape index (κ1) is 67.9. The molecular formula is C75H88N2O17. The number of nitrogens with one attached hydrogen (secondary N) is 1. The monoisotopic (exact) mass is 1290 g/mol. The maximum atomic E-state index is 13.7. The van der Waals surface area contributed by atoms with E-state index in [0.717, 1.165) is 70.9 Å². The van der Waals surface area contributed by atoms with Crippen LogP contribution in [0.3, 0.4) is 0 Å². The average molecular weight is 1290 g/mol. The Morgan fingerprint density at radius 2 is 1.18 bits per heavy atom. The van der Waals surface area contributed by atoms with E-state index >= 15 is 0 Å². The first-order chi connectivity index (χ1) is 44.4. The molecular weight excluding hydrogens is 1200 g/mol. The second-order valence-corrected chi connectivity index (χ2v) is 29.5. The molecule has 1 aliphatic heterocycles. The summed E-state index contributed by atoms with van der Waals surface area (Å²) in [5.41, 5.74) is 7.31. The third-order valence-electron chi connectivity index (χ3n) is 23.1. The van der Waals surface area contributed by atoms with Gasteiger partial charge in [-0.05, 0) is 179 Å². The van der Waals surface area contributed by atoms with Crippen LogP contribution >= 0.6 is 0 Å². The summed E-state index contributed by atoms with van der Waals surface area (Å²) < 4.78 is 18.4. The largest absolute Gasteiger partial charge is 0.506 e. The predicted molar refractivity (Wildman–Crippen MR) is 348 cm³/mol. The number of aldehydes is 1. The van der Waals surface area contributed by atoms with Gasteiger partial charge in [0, 0.05) is 44.6 Å². The zero-order chi connectivity index (χ0) is 67.8. The van der Waals surface area contributed by atoms with Gasteiger partial charge in [0.25, 0.3) is 0 Å². The number of hydrogen-bond donors (Lipinski definition) is 10. The maximum Gasteiger partial charge on any atom is 0.412 e. The number of phenolic OH excluding ortho intramolecular Hbond substituents is 2. The Bertz CT molecular complexity index is 3770. The van der Waals surface area contributed by atoms with E-state index in [-0.39, 0.29) is 71.4 Å². The molecule has 1 saturated heterocycles. The van der Waals surface area contributed by atoms with Crippen LogP contribution in [-0.4, -0.2) is 131 Å². The number of Topliss-reactive ketones (excluding diaryl/α,β-unsaturated/α-hetero) is 2. The quantitative estimate of drug-likeness (QED) is 0.0381. The van der Waals surface area contributed by atoms with Gasteiger partial charge in [0.2, 0.25) is 0 Å². The second-order valence-electron chi connectivity index (χ2n) is 29.5. The van der Waals surface area contributed by atoms with Gasteiger partial charge in [-0.1, -0.05) is 112 Å². The Morgan fingerprint density at radius 3 is 1.70 bits per heavy atom. The van der Waals surface area contributed by atoms with Crippen LogP contribution < -0.4 is 11.1 Å². The fourth-order valence-electron chi connectivity index (χ4n) is 18.7. The molecule has 11 N–H and O–H groups in total. The molecule has 0 aromatic heterocycles. The molecule has 4 aromatic carbocycles. The summed E-state index contributed by atoms with van der Waals surface area (Å²) >= 11 is 0. The molecule has 500 valence electrons. The van der Waals surface area contributed by atoms with Crippen molar-refractivity contribution in [2.75, 3.05) is 24.3 Å². The number of aliphatic hydroxyl groups excluding tert-OH is 5. The number of nitrogens with two attached hydrogens (primary N) is 1. The molecule has 17 atom stereocenters. The highest BCUT2D eigenvalue weighted by Crippen LogP contribution is 2.71. The van der Waals surface area contributed by atoms with Crippen molar-refractivity contribution in [1.29, 1.82) is 0 Å². The highest BCUT2D eigenvalue weighted by atomic mass is 16.7. The van der Waals surface area contributed by atoms with Gasteiger partial charge in [-0.25, -0.2) is 4.79 Å². The van der Waals surface area contributed by atoms with Crippen LogP contribution in [0.25, 0.3) is 0 Å². The highest BCUT2D eigenvalue weighted by molar-refractivity contribution is 6.02. The number of aromatic hydroxyl groups is 2. The van der Waals surface area contributed by atoms with Crippen molar-refractivity contribution in [3.8, 4) is 11.5 Å². The van der Waals surface area contributed by atoms with Gasteiger partial charge < -0.3 is 60.8 Å². The normalized spacial score (nSPS) is 35.6. The minimum Gasteiger partial charge on any atom is -0.506 e. The first-order valence-corrected chi connectivity index (χ1v) is 32.6. The fraction of sp³-hybridized carbons (Fsp3) is 0.493. The number of amides is 1. The van der Waals surface area contributed by atoms with Gasteiger partial charge in [-0.15, -0.1) is 0 Å². The third-order valence-corrected chi connectivity index (χ3v) is 23.1. The van der Waals surface area contributed by atoms with Crippen molar-refractivity contribution in [1.82, 2.24) is 0 Å². The molecule has 0 radical (unpaired) electrons. The minimum atomic E-state index is -2.05. The van der Waals surface area contributed by atoms with E-state index in [0.29, 0.717) is 42.6 Å². The molecule has 4 aromatic rings. The van der Waals surface area contributed by atoms with Crippen molar-refractivity contribution in [2.45, 2.75) is 160 Å². The molecule has 0 spiro atoms. The predicted octanol–water partition coefficient (Wildman–Crippen LogP) is 8.84. The number of carbonyl (C=O) groups is 6. The number of aliphatic hydroxyl groups is 6. The number of allylic oxidation sites excluding steroid dienone is 8. The lowest BCUT2D eigenvalue weighted by Crippen LogP contribution is -2.63. The number of hydrogen-bond acceptors (Lipinski definition) is 18. The maximum absolute atomic E-state index is 13.7. The van der Waals surface area contributed by atoms with E-state index in [1.54, 1.807) is 88.4 Å². The molecule has 13 rings (SSSR count). The zero-order valence-electron chi connectivity index (χ0n) is 54.3. The van der Waals surface area contributed by atoms with Gasteiger partial charge in [0.1, 0.15) is 36.6 Å². The Kier molecular flexibility index (Phi) is 18.3. The topological polar surface area (TPSA) is 330 Å². The molecule has 6 saturated carbocycles. The molecule has 0 unspecified atom stereocenters. The Morgan fingerprint density at radius 1 is 0.681 bits per heavy atom. The van der Waals surface area contributed by atoms with Crippen LogP contribution in [0, 0.1) is 57.2 Å². The van der Waals surface area contributed by atoms with E-state index < -0.39 is 100 Å². The van der Waals surface area contributed by atoms with Crippen molar-refractivity contribution in [3.05, 3.63) is 166 Å². The van der Waals surface area contributed by atoms with Gasteiger partial charge in [0.15, 0.2) is 40.6 Å². The number of phenols is 2. The van der Waals surface area contributed by atoms with Gasteiger partial charge in [0.05, 0.1) is 35.8 Å². The van der Waals surface area contributed by atoms with Crippen molar-refractivity contribution in [3.63, 3.8) is 0 Å². The highest BCUT2D eigenvalue weighted by Gasteiger charge is 2.76. The van der Waals surface area contributed by atoms with Crippen LogP contribution in [0.2, 0.25) is 0 Å². The fourth-order valence-corrected chi connectivity index (χ4v) is 18.7. The van der Waals surface area contributed by atoms with Crippen LogP contribution in [0.15, 0.2) is 133 Å². The van der Waals surface area contributed by atoms with E-state index in [2.05, 4.69) is 12.2 Å². The molecule has 9 aliphatic rings. The molecule has 1 heterocycles. The number of fused-ring (bicyclic) bond motifs is 12. The van der Waals surface area contributed by atoms with Crippen LogP contribution in [0.4, 0.5) is 16.2 Å². The Balaban J connectivity index is 0.000000153. The molecule has 0 bridgehead atoms. The lowest BCUT2D eigenvalue weighted by atomic mass is 9.46. The summed E-state index contributed by atoms with van der Waals surface area (Å²) in [5.74, 6) is -1.38. The number of anilines is 2. The summed E-state index contributed by atoms with van der Waals surface area (Å²) in [4.78, 5) is 72.6. The number of carbonyl (C=O) groups excluding carboxylic acids is 6. The van der Waals surface area contributed by atoms with E-state index in [9.17, 15) is 69.6 Å². The van der Waals surface area contributed by atoms with Crippen molar-refractivity contribution < 1.29 is 83.8 Å². The zero-order valence-corrected chi connectivity index (χ0v) is 54.3. The lowest BCUT2D eigenvalue weighted by molar-refractivity contribution is -0.201. The molecule has 1 amide bonds. The van der Waals surface area contributed by atoms with Crippen molar-refractivity contribution in [2.24, 2.45) is 57.2 Å².